The molecule has 2 amide bonds. The number of hydrogen-bond acceptors (Lipinski definition) is 3. The maximum Gasteiger partial charge on any atom is 0.257 e. The number of halogens is 1. The van der Waals surface area contributed by atoms with Gasteiger partial charge in [0.25, 0.3) is 11.8 Å². The first-order chi connectivity index (χ1) is 11.5. The van der Waals surface area contributed by atoms with Gasteiger partial charge < -0.3 is 10.2 Å². The number of nitrogens with zero attached hydrogens (tertiary/aromatic N) is 2. The van der Waals surface area contributed by atoms with Crippen molar-refractivity contribution in [3.63, 3.8) is 0 Å². The van der Waals surface area contributed by atoms with Crippen molar-refractivity contribution >= 4 is 17.5 Å². The van der Waals surface area contributed by atoms with E-state index in [9.17, 15) is 14.0 Å². The highest BCUT2D eigenvalue weighted by Crippen LogP contribution is 2.12. The molecule has 2 aromatic rings. The van der Waals surface area contributed by atoms with Crippen LogP contribution in [-0.4, -0.2) is 35.3 Å². The fraction of sp³-hybridized carbons (Fsp3) is 0.278. The summed E-state index contributed by atoms with van der Waals surface area (Å²) in [7, 11) is 1.72. The molecule has 0 saturated heterocycles. The standard InChI is InChI=1S/C18H20FN3O2/c1-3-4-8-22(2)18(24)14-9-13(11-20-12-14)17(23)21-16-7-5-6-15(19)10-16/h5-7,9-12H,3-4,8H2,1-2H3,(H,21,23). The Labute approximate surface area is 140 Å². The molecule has 1 heterocycles. The van der Waals surface area contributed by atoms with Gasteiger partial charge in [-0.3, -0.25) is 14.6 Å². The molecule has 1 aromatic heterocycles. The Kier molecular flexibility index (Phi) is 6.01. The minimum absolute atomic E-state index is 0.184. The topological polar surface area (TPSA) is 62.3 Å². The van der Waals surface area contributed by atoms with Gasteiger partial charge in [-0.1, -0.05) is 19.4 Å². The van der Waals surface area contributed by atoms with Crippen molar-refractivity contribution in [3.05, 3.63) is 59.7 Å². The molecular weight excluding hydrogens is 309 g/mol. The number of benzene rings is 1. The number of nitrogens with one attached hydrogen (secondary N) is 1. The number of amides is 2. The second-order valence-electron chi connectivity index (χ2n) is 5.51. The van der Waals surface area contributed by atoms with E-state index in [1.54, 1.807) is 18.0 Å². The maximum absolute atomic E-state index is 13.2. The number of carbonyl (C=O) groups excluding carboxylic acids is 2. The number of carbonyl (C=O) groups is 2. The van der Waals surface area contributed by atoms with Crippen LogP contribution in [0.15, 0.2) is 42.7 Å². The lowest BCUT2D eigenvalue weighted by Gasteiger charge is -2.16. The predicted octanol–water partition coefficient (Wildman–Crippen LogP) is 3.35. The minimum Gasteiger partial charge on any atom is -0.342 e. The fourth-order valence-electron chi connectivity index (χ4n) is 2.17. The summed E-state index contributed by atoms with van der Waals surface area (Å²) in [5.41, 5.74) is 0.936. The Balaban J connectivity index is 2.11. The van der Waals surface area contributed by atoms with E-state index in [-0.39, 0.29) is 11.5 Å². The molecule has 5 nitrogen and oxygen atoms in total. The molecule has 0 bridgehead atoms. The van der Waals surface area contributed by atoms with E-state index in [0.29, 0.717) is 17.8 Å². The summed E-state index contributed by atoms with van der Waals surface area (Å²) < 4.78 is 13.2. The molecule has 0 spiro atoms. The molecule has 2 rings (SSSR count). The smallest absolute Gasteiger partial charge is 0.257 e. The van der Waals surface area contributed by atoms with E-state index in [2.05, 4.69) is 17.2 Å². The molecule has 0 radical (unpaired) electrons. The minimum atomic E-state index is -0.445. The van der Waals surface area contributed by atoms with Crippen LogP contribution in [0.1, 0.15) is 40.5 Å². The van der Waals surface area contributed by atoms with Gasteiger partial charge in [-0.25, -0.2) is 4.39 Å². The van der Waals surface area contributed by atoms with Crippen LogP contribution in [0, 0.1) is 5.82 Å². The summed E-state index contributed by atoms with van der Waals surface area (Å²) in [5.74, 6) is -1.07. The molecule has 1 aromatic carbocycles. The zero-order chi connectivity index (χ0) is 17.5. The summed E-state index contributed by atoms with van der Waals surface area (Å²) in [6.45, 7) is 2.70. The van der Waals surface area contributed by atoms with Gasteiger partial charge in [-0.15, -0.1) is 0 Å². The van der Waals surface area contributed by atoms with Crippen molar-refractivity contribution in [2.24, 2.45) is 0 Å². The molecule has 0 atom stereocenters. The third-order valence-electron chi connectivity index (χ3n) is 3.52. The van der Waals surface area contributed by atoms with Crippen LogP contribution in [0.5, 0.6) is 0 Å². The first kappa shape index (κ1) is 17.6. The highest BCUT2D eigenvalue weighted by Gasteiger charge is 2.15. The van der Waals surface area contributed by atoms with Gasteiger partial charge >= 0.3 is 0 Å². The molecular formula is C18H20FN3O2. The van der Waals surface area contributed by atoms with Crippen LogP contribution in [-0.2, 0) is 0 Å². The largest absolute Gasteiger partial charge is 0.342 e. The number of unbranched alkanes of at least 4 members (excludes halogenated alkanes) is 1. The summed E-state index contributed by atoms with van der Waals surface area (Å²) in [5, 5.41) is 2.58. The third kappa shape index (κ3) is 4.62. The Morgan fingerprint density at radius 2 is 1.96 bits per heavy atom. The van der Waals surface area contributed by atoms with Crippen molar-refractivity contribution in [1.82, 2.24) is 9.88 Å². The van der Waals surface area contributed by atoms with Crippen molar-refractivity contribution < 1.29 is 14.0 Å². The van der Waals surface area contributed by atoms with Gasteiger partial charge in [0.1, 0.15) is 5.82 Å². The van der Waals surface area contributed by atoms with Crippen molar-refractivity contribution in [1.29, 1.82) is 0 Å². The quantitative estimate of drug-likeness (QED) is 0.884. The van der Waals surface area contributed by atoms with Crippen molar-refractivity contribution in [3.8, 4) is 0 Å². The lowest BCUT2D eigenvalue weighted by molar-refractivity contribution is 0.0793. The van der Waals surface area contributed by atoms with Crippen LogP contribution in [0.25, 0.3) is 0 Å². The predicted molar refractivity (Wildman–Crippen MR) is 90.5 cm³/mol. The zero-order valence-electron chi connectivity index (χ0n) is 13.8. The normalized spacial score (nSPS) is 10.3. The Bertz CT molecular complexity index is 734. The first-order valence-corrected chi connectivity index (χ1v) is 7.78. The van der Waals surface area contributed by atoms with E-state index in [4.69, 9.17) is 0 Å². The molecule has 0 unspecified atom stereocenters. The molecule has 126 valence electrons. The summed E-state index contributed by atoms with van der Waals surface area (Å²) in [6, 6.07) is 7.10. The third-order valence-corrected chi connectivity index (χ3v) is 3.52. The molecule has 0 aliphatic carbocycles. The second kappa shape index (κ2) is 8.19. The number of anilines is 1. The van der Waals surface area contributed by atoms with Gasteiger partial charge in [0, 0.05) is 31.7 Å². The summed E-state index contributed by atoms with van der Waals surface area (Å²) in [4.78, 5) is 30.1. The highest BCUT2D eigenvalue weighted by atomic mass is 19.1. The van der Waals surface area contributed by atoms with Crippen LogP contribution >= 0.6 is 0 Å². The fourth-order valence-corrected chi connectivity index (χ4v) is 2.17. The molecule has 0 fully saturated rings. The van der Waals surface area contributed by atoms with Crippen LogP contribution in [0.2, 0.25) is 0 Å². The van der Waals surface area contributed by atoms with E-state index >= 15 is 0 Å². The van der Waals surface area contributed by atoms with E-state index < -0.39 is 11.7 Å². The number of rotatable bonds is 6. The average molecular weight is 329 g/mol. The summed E-state index contributed by atoms with van der Waals surface area (Å²) >= 11 is 0. The lowest BCUT2D eigenvalue weighted by atomic mass is 10.1. The first-order valence-electron chi connectivity index (χ1n) is 7.78. The molecule has 6 heteroatoms. The van der Waals surface area contributed by atoms with Gasteiger partial charge in [-0.2, -0.15) is 0 Å². The Hall–Kier alpha value is -2.76. The molecule has 0 aliphatic rings. The van der Waals surface area contributed by atoms with Crippen LogP contribution in [0.3, 0.4) is 0 Å². The average Bonchev–Trinajstić information content (AvgIpc) is 2.59. The summed E-state index contributed by atoms with van der Waals surface area (Å²) in [6.07, 6.45) is 4.71. The molecule has 0 saturated carbocycles. The number of hydrogen-bond donors (Lipinski definition) is 1. The van der Waals surface area contributed by atoms with Crippen LogP contribution in [0.4, 0.5) is 10.1 Å². The Morgan fingerprint density at radius 1 is 1.21 bits per heavy atom. The van der Waals surface area contributed by atoms with Crippen molar-refractivity contribution in [2.45, 2.75) is 19.8 Å². The number of aromatic nitrogens is 1. The monoisotopic (exact) mass is 329 g/mol. The highest BCUT2D eigenvalue weighted by molar-refractivity contribution is 6.05. The van der Waals surface area contributed by atoms with Gasteiger partial charge in [0.15, 0.2) is 0 Å². The Morgan fingerprint density at radius 3 is 2.67 bits per heavy atom. The SMILES string of the molecule is CCCCN(C)C(=O)c1cncc(C(=O)Nc2cccc(F)c2)c1. The van der Waals surface area contributed by atoms with Gasteiger partial charge in [0.05, 0.1) is 11.1 Å². The molecule has 24 heavy (non-hydrogen) atoms. The maximum atomic E-state index is 13.2. The van der Waals surface area contributed by atoms with Crippen LogP contribution < -0.4 is 5.32 Å². The van der Waals surface area contributed by atoms with Crippen molar-refractivity contribution in [2.75, 3.05) is 18.9 Å². The molecule has 1 N–H and O–H groups in total. The molecule has 0 aliphatic heterocycles. The van der Waals surface area contributed by atoms with E-state index in [1.165, 1.54) is 36.7 Å². The van der Waals surface area contributed by atoms with E-state index in [1.807, 2.05) is 0 Å². The van der Waals surface area contributed by atoms with Gasteiger partial charge in [0.2, 0.25) is 0 Å². The lowest BCUT2D eigenvalue weighted by Crippen LogP contribution is -2.28. The number of pyridine rings is 1. The zero-order valence-corrected chi connectivity index (χ0v) is 13.8. The van der Waals surface area contributed by atoms with E-state index in [0.717, 1.165) is 12.8 Å². The van der Waals surface area contributed by atoms with Gasteiger partial charge in [-0.05, 0) is 30.7 Å². The second-order valence-corrected chi connectivity index (χ2v) is 5.51.